The first-order chi connectivity index (χ1) is 10.3. The van der Waals surface area contributed by atoms with Crippen LogP contribution >= 0.6 is 11.6 Å². The van der Waals surface area contributed by atoms with Crippen LogP contribution in [0, 0.1) is 0 Å². The van der Waals surface area contributed by atoms with Crippen LogP contribution in [0.15, 0.2) is 35.1 Å². The van der Waals surface area contributed by atoms with Gasteiger partial charge in [-0.15, -0.1) is 16.7 Å². The molecule has 0 amide bonds. The minimum atomic E-state index is 0.383. The Kier molecular flexibility index (Phi) is 4.20. The van der Waals surface area contributed by atoms with Crippen LogP contribution in [0.3, 0.4) is 0 Å². The molecule has 0 radical (unpaired) electrons. The molecule has 0 N–H and O–H groups in total. The Bertz CT molecular complexity index is 696. The molecule has 0 aromatic carbocycles. The summed E-state index contributed by atoms with van der Waals surface area (Å²) in [6.07, 6.45) is 5.24. The van der Waals surface area contributed by atoms with Crippen molar-refractivity contribution in [2.75, 3.05) is 5.88 Å². The van der Waals surface area contributed by atoms with E-state index >= 15 is 0 Å². The summed E-state index contributed by atoms with van der Waals surface area (Å²) in [7, 11) is 0. The van der Waals surface area contributed by atoms with E-state index in [1.807, 2.05) is 24.4 Å². The maximum atomic E-state index is 5.65. The molecule has 8 heteroatoms. The van der Waals surface area contributed by atoms with Gasteiger partial charge in [-0.25, -0.2) is 4.68 Å². The fourth-order valence-corrected chi connectivity index (χ4v) is 1.97. The minimum Gasteiger partial charge on any atom is -0.337 e. The molecule has 0 fully saturated rings. The second-order valence-electron chi connectivity index (χ2n) is 4.43. The van der Waals surface area contributed by atoms with E-state index in [1.54, 1.807) is 10.9 Å². The van der Waals surface area contributed by atoms with Gasteiger partial charge in [0.15, 0.2) is 0 Å². The van der Waals surface area contributed by atoms with Gasteiger partial charge in [0, 0.05) is 18.3 Å². The number of hydrogen-bond donors (Lipinski definition) is 0. The van der Waals surface area contributed by atoms with Crippen LogP contribution in [-0.4, -0.2) is 36.0 Å². The standard InChI is InChI=1S/C13H13ClN6O/c14-6-3-4-10-8-20(19-17-10)9-12-16-13(18-21-12)11-5-1-2-7-15-11/h1-2,5,7-8H,3-4,6,9H2. The van der Waals surface area contributed by atoms with Crippen molar-refractivity contribution in [1.29, 1.82) is 0 Å². The molecule has 3 rings (SSSR count). The summed E-state index contributed by atoms with van der Waals surface area (Å²) in [5.74, 6) is 1.54. The van der Waals surface area contributed by atoms with E-state index in [1.165, 1.54) is 0 Å². The number of halogens is 1. The van der Waals surface area contributed by atoms with Crippen LogP contribution in [-0.2, 0) is 13.0 Å². The number of aryl methyl sites for hydroxylation is 1. The lowest BCUT2D eigenvalue weighted by atomic mass is 10.3. The van der Waals surface area contributed by atoms with Crippen LogP contribution in [0.25, 0.3) is 11.5 Å². The number of pyridine rings is 1. The van der Waals surface area contributed by atoms with Crippen molar-refractivity contribution in [3.63, 3.8) is 0 Å². The van der Waals surface area contributed by atoms with Crippen LogP contribution in [0.5, 0.6) is 0 Å². The van der Waals surface area contributed by atoms with Crippen LogP contribution < -0.4 is 0 Å². The van der Waals surface area contributed by atoms with Gasteiger partial charge in [0.25, 0.3) is 0 Å². The zero-order valence-corrected chi connectivity index (χ0v) is 11.9. The van der Waals surface area contributed by atoms with Crippen molar-refractivity contribution in [2.45, 2.75) is 19.4 Å². The Morgan fingerprint density at radius 1 is 1.29 bits per heavy atom. The summed E-state index contributed by atoms with van der Waals surface area (Å²) < 4.78 is 6.87. The van der Waals surface area contributed by atoms with Crippen LogP contribution in [0.1, 0.15) is 18.0 Å². The highest BCUT2D eigenvalue weighted by molar-refractivity contribution is 6.17. The van der Waals surface area contributed by atoms with E-state index < -0.39 is 0 Å². The zero-order chi connectivity index (χ0) is 14.5. The van der Waals surface area contributed by atoms with Gasteiger partial charge in [0.1, 0.15) is 12.2 Å². The average molecular weight is 305 g/mol. The molecule has 21 heavy (non-hydrogen) atoms. The van der Waals surface area contributed by atoms with Crippen LogP contribution in [0.2, 0.25) is 0 Å². The topological polar surface area (TPSA) is 82.5 Å². The highest BCUT2D eigenvalue weighted by Gasteiger charge is 2.10. The molecule has 108 valence electrons. The Labute approximate surface area is 126 Å². The van der Waals surface area contributed by atoms with E-state index in [4.69, 9.17) is 16.1 Å². The van der Waals surface area contributed by atoms with Crippen molar-refractivity contribution >= 4 is 11.6 Å². The zero-order valence-electron chi connectivity index (χ0n) is 11.2. The molecule has 3 aromatic heterocycles. The summed E-state index contributed by atoms with van der Waals surface area (Å²) in [4.78, 5) is 8.47. The highest BCUT2D eigenvalue weighted by Crippen LogP contribution is 2.12. The Balaban J connectivity index is 1.68. The molecular formula is C13H13ClN6O. The molecular weight excluding hydrogens is 292 g/mol. The summed E-state index contributed by atoms with van der Waals surface area (Å²) in [6, 6.07) is 5.54. The largest absolute Gasteiger partial charge is 0.337 e. The fraction of sp³-hybridized carbons (Fsp3) is 0.308. The molecule has 3 heterocycles. The number of rotatable bonds is 6. The molecule has 0 saturated carbocycles. The molecule has 0 aliphatic heterocycles. The maximum Gasteiger partial charge on any atom is 0.248 e. The molecule has 3 aromatic rings. The lowest BCUT2D eigenvalue weighted by Gasteiger charge is -1.93. The quantitative estimate of drug-likeness (QED) is 0.647. The first kappa shape index (κ1) is 13.7. The maximum absolute atomic E-state index is 5.65. The number of nitrogens with zero attached hydrogens (tertiary/aromatic N) is 6. The van der Waals surface area contributed by atoms with Gasteiger partial charge in [0.05, 0.1) is 5.69 Å². The normalized spacial score (nSPS) is 10.9. The third-order valence-corrected chi connectivity index (χ3v) is 3.08. The summed E-state index contributed by atoms with van der Waals surface area (Å²) in [5, 5.41) is 12.0. The SMILES string of the molecule is ClCCCc1cn(Cc2nc(-c3ccccn3)no2)nn1. The highest BCUT2D eigenvalue weighted by atomic mass is 35.5. The molecule has 0 aliphatic rings. The van der Waals surface area contributed by atoms with Crippen molar-refractivity contribution in [2.24, 2.45) is 0 Å². The Hall–Kier alpha value is -2.28. The van der Waals surface area contributed by atoms with Crippen LogP contribution in [0.4, 0.5) is 0 Å². The summed E-state index contributed by atoms with van der Waals surface area (Å²) in [6.45, 7) is 0.383. The van der Waals surface area contributed by atoms with Gasteiger partial charge in [-0.2, -0.15) is 4.98 Å². The first-order valence-electron chi connectivity index (χ1n) is 6.54. The molecule has 0 aliphatic carbocycles. The second kappa shape index (κ2) is 6.45. The Morgan fingerprint density at radius 2 is 2.24 bits per heavy atom. The summed E-state index contributed by atoms with van der Waals surface area (Å²) >= 11 is 5.65. The van der Waals surface area contributed by atoms with Crippen molar-refractivity contribution in [3.8, 4) is 11.5 Å². The molecule has 7 nitrogen and oxygen atoms in total. The van der Waals surface area contributed by atoms with E-state index in [9.17, 15) is 0 Å². The second-order valence-corrected chi connectivity index (χ2v) is 4.80. The fourth-order valence-electron chi connectivity index (χ4n) is 1.84. The van der Waals surface area contributed by atoms with Gasteiger partial charge in [-0.1, -0.05) is 16.4 Å². The van der Waals surface area contributed by atoms with E-state index in [2.05, 4.69) is 25.4 Å². The molecule has 0 unspecified atom stereocenters. The van der Waals surface area contributed by atoms with Gasteiger partial charge in [-0.3, -0.25) is 4.98 Å². The molecule has 0 bridgehead atoms. The third kappa shape index (κ3) is 3.43. The lowest BCUT2D eigenvalue weighted by Crippen LogP contribution is -2.00. The van der Waals surface area contributed by atoms with E-state index in [-0.39, 0.29) is 0 Å². The van der Waals surface area contributed by atoms with Crippen molar-refractivity contribution in [3.05, 3.63) is 42.2 Å². The number of alkyl halides is 1. The predicted molar refractivity (Wildman–Crippen MR) is 75.7 cm³/mol. The Morgan fingerprint density at radius 3 is 3.05 bits per heavy atom. The summed E-state index contributed by atoms with van der Waals surface area (Å²) in [5.41, 5.74) is 1.58. The average Bonchev–Trinajstić information content (AvgIpc) is 3.16. The van der Waals surface area contributed by atoms with Crippen molar-refractivity contribution < 1.29 is 4.52 Å². The third-order valence-electron chi connectivity index (χ3n) is 2.81. The van der Waals surface area contributed by atoms with Gasteiger partial charge < -0.3 is 4.52 Å². The number of aromatic nitrogens is 6. The smallest absolute Gasteiger partial charge is 0.248 e. The minimum absolute atomic E-state index is 0.383. The first-order valence-corrected chi connectivity index (χ1v) is 7.07. The number of hydrogen-bond acceptors (Lipinski definition) is 6. The molecule has 0 atom stereocenters. The monoisotopic (exact) mass is 304 g/mol. The van der Waals surface area contributed by atoms with Gasteiger partial charge in [0.2, 0.25) is 11.7 Å². The molecule has 0 saturated heterocycles. The van der Waals surface area contributed by atoms with E-state index in [0.29, 0.717) is 29.8 Å². The van der Waals surface area contributed by atoms with Gasteiger partial charge >= 0.3 is 0 Å². The lowest BCUT2D eigenvalue weighted by molar-refractivity contribution is 0.364. The van der Waals surface area contributed by atoms with Crippen molar-refractivity contribution in [1.82, 2.24) is 30.1 Å². The molecule has 0 spiro atoms. The van der Waals surface area contributed by atoms with E-state index in [0.717, 1.165) is 18.5 Å². The van der Waals surface area contributed by atoms with Gasteiger partial charge in [-0.05, 0) is 25.0 Å². The predicted octanol–water partition coefficient (Wildman–Crippen LogP) is 1.94.